The highest BCUT2D eigenvalue weighted by molar-refractivity contribution is 8.00. The lowest BCUT2D eigenvalue weighted by Gasteiger charge is -2.29. The van der Waals surface area contributed by atoms with Crippen LogP contribution >= 0.6 is 11.8 Å². The minimum absolute atomic E-state index is 0.222. The number of nitrogens with one attached hydrogen (secondary N) is 2. The fourth-order valence-corrected chi connectivity index (χ4v) is 5.28. The van der Waals surface area contributed by atoms with Crippen LogP contribution in [0.5, 0.6) is 0 Å². The number of amides is 1. The van der Waals surface area contributed by atoms with Gasteiger partial charge in [0.25, 0.3) is 0 Å². The molecule has 0 spiro atoms. The Morgan fingerprint density at radius 2 is 2.04 bits per heavy atom. The van der Waals surface area contributed by atoms with Crippen LogP contribution in [0, 0.1) is 11.8 Å². The Kier molecular flexibility index (Phi) is 9.77. The summed E-state index contributed by atoms with van der Waals surface area (Å²) in [5, 5.41) is 7.28. The predicted molar refractivity (Wildman–Crippen MR) is 103 cm³/mol. The van der Waals surface area contributed by atoms with Crippen molar-refractivity contribution in [1.29, 1.82) is 0 Å². The van der Waals surface area contributed by atoms with Crippen molar-refractivity contribution >= 4 is 17.7 Å². The van der Waals surface area contributed by atoms with E-state index in [0.29, 0.717) is 24.3 Å². The molecule has 1 heterocycles. The largest absolute Gasteiger partial charge is 0.385 e. The first-order chi connectivity index (χ1) is 11.0. The SMILES string of the molecule is C=C(C)NC1CSC(CCCCC(=O)NCCCC)C1C(C)C. The number of hydrogen-bond acceptors (Lipinski definition) is 3. The van der Waals surface area contributed by atoms with Crippen LogP contribution in [0.25, 0.3) is 0 Å². The smallest absolute Gasteiger partial charge is 0.219 e. The van der Waals surface area contributed by atoms with E-state index < -0.39 is 0 Å². The lowest BCUT2D eigenvalue weighted by molar-refractivity contribution is -0.121. The maximum absolute atomic E-state index is 11.7. The second kappa shape index (κ2) is 11.0. The molecule has 0 aromatic heterocycles. The molecule has 3 atom stereocenters. The number of carbonyl (C=O) groups excluding carboxylic acids is 1. The molecule has 1 aliphatic heterocycles. The van der Waals surface area contributed by atoms with Gasteiger partial charge in [0.1, 0.15) is 0 Å². The van der Waals surface area contributed by atoms with Gasteiger partial charge in [-0.1, -0.05) is 40.2 Å². The first kappa shape index (κ1) is 20.4. The summed E-state index contributed by atoms with van der Waals surface area (Å²) < 4.78 is 0. The molecule has 0 bridgehead atoms. The van der Waals surface area contributed by atoms with Gasteiger partial charge in [-0.25, -0.2) is 0 Å². The molecule has 3 unspecified atom stereocenters. The van der Waals surface area contributed by atoms with Crippen molar-refractivity contribution in [2.45, 2.75) is 77.5 Å². The number of thioether (sulfide) groups is 1. The minimum Gasteiger partial charge on any atom is -0.385 e. The van der Waals surface area contributed by atoms with Gasteiger partial charge in [-0.2, -0.15) is 11.8 Å². The van der Waals surface area contributed by atoms with Gasteiger partial charge in [-0.3, -0.25) is 4.79 Å². The Labute approximate surface area is 147 Å². The van der Waals surface area contributed by atoms with Gasteiger partial charge in [-0.05, 0) is 38.0 Å². The van der Waals surface area contributed by atoms with E-state index in [-0.39, 0.29) is 5.91 Å². The van der Waals surface area contributed by atoms with Crippen LogP contribution in [0.2, 0.25) is 0 Å². The average molecular weight is 341 g/mol. The quantitative estimate of drug-likeness (QED) is 0.550. The molecular formula is C19H36N2OS. The summed E-state index contributed by atoms with van der Waals surface area (Å²) in [6.07, 6.45) is 6.29. The molecule has 3 nitrogen and oxygen atoms in total. The molecule has 1 rings (SSSR count). The monoisotopic (exact) mass is 340 g/mol. The Bertz CT molecular complexity index is 370. The Morgan fingerprint density at radius 3 is 2.65 bits per heavy atom. The van der Waals surface area contributed by atoms with Gasteiger partial charge < -0.3 is 10.6 Å². The Balaban J connectivity index is 2.28. The molecule has 0 aliphatic carbocycles. The topological polar surface area (TPSA) is 41.1 Å². The minimum atomic E-state index is 0.222. The van der Waals surface area contributed by atoms with E-state index in [9.17, 15) is 4.79 Å². The van der Waals surface area contributed by atoms with Gasteiger partial charge >= 0.3 is 0 Å². The van der Waals surface area contributed by atoms with E-state index in [4.69, 9.17) is 0 Å². The van der Waals surface area contributed by atoms with Crippen molar-refractivity contribution in [1.82, 2.24) is 10.6 Å². The van der Waals surface area contributed by atoms with E-state index in [1.807, 2.05) is 6.92 Å². The third kappa shape index (κ3) is 7.65. The molecule has 0 saturated carbocycles. The third-order valence-electron chi connectivity index (χ3n) is 4.58. The van der Waals surface area contributed by atoms with Crippen LogP contribution in [0.1, 0.15) is 66.2 Å². The van der Waals surface area contributed by atoms with Crippen molar-refractivity contribution in [3.05, 3.63) is 12.3 Å². The van der Waals surface area contributed by atoms with Gasteiger partial charge in [-0.15, -0.1) is 0 Å². The zero-order chi connectivity index (χ0) is 17.2. The summed E-state index contributed by atoms with van der Waals surface area (Å²) >= 11 is 2.10. The molecule has 1 fully saturated rings. The number of rotatable bonds is 11. The van der Waals surface area contributed by atoms with Gasteiger partial charge in [0.2, 0.25) is 5.91 Å². The van der Waals surface area contributed by atoms with Crippen LogP contribution in [0.15, 0.2) is 12.3 Å². The Hall–Kier alpha value is -0.640. The number of allylic oxidation sites excluding steroid dienone is 1. The first-order valence-electron chi connectivity index (χ1n) is 9.26. The fraction of sp³-hybridized carbons (Fsp3) is 0.842. The second-order valence-corrected chi connectivity index (χ2v) is 8.45. The molecule has 4 heteroatoms. The summed E-state index contributed by atoms with van der Waals surface area (Å²) in [5.74, 6) is 2.79. The zero-order valence-electron chi connectivity index (χ0n) is 15.5. The highest BCUT2D eigenvalue weighted by Gasteiger charge is 2.37. The van der Waals surface area contributed by atoms with Gasteiger partial charge in [0, 0.05) is 35.7 Å². The van der Waals surface area contributed by atoms with E-state index in [2.05, 4.69) is 49.7 Å². The summed E-state index contributed by atoms with van der Waals surface area (Å²) in [4.78, 5) is 11.7. The lowest BCUT2D eigenvalue weighted by atomic mass is 9.84. The molecule has 1 saturated heterocycles. The van der Waals surface area contributed by atoms with Crippen LogP contribution in [0.4, 0.5) is 0 Å². The third-order valence-corrected chi connectivity index (χ3v) is 6.11. The molecule has 0 radical (unpaired) electrons. The molecular weight excluding hydrogens is 304 g/mol. The summed E-state index contributed by atoms with van der Waals surface area (Å²) in [7, 11) is 0. The highest BCUT2D eigenvalue weighted by Crippen LogP contribution is 2.40. The first-order valence-corrected chi connectivity index (χ1v) is 10.3. The summed E-state index contributed by atoms with van der Waals surface area (Å²) in [5.41, 5.74) is 1.07. The van der Waals surface area contributed by atoms with Crippen LogP contribution < -0.4 is 10.6 Å². The molecule has 134 valence electrons. The zero-order valence-corrected chi connectivity index (χ0v) is 16.3. The molecule has 0 aromatic rings. The van der Waals surface area contributed by atoms with Crippen molar-refractivity contribution in [2.24, 2.45) is 11.8 Å². The maximum atomic E-state index is 11.7. The normalized spacial score (nSPS) is 24.0. The molecule has 23 heavy (non-hydrogen) atoms. The fourth-order valence-electron chi connectivity index (χ4n) is 3.46. The van der Waals surface area contributed by atoms with E-state index >= 15 is 0 Å². The van der Waals surface area contributed by atoms with Crippen LogP contribution in [-0.4, -0.2) is 29.5 Å². The van der Waals surface area contributed by atoms with E-state index in [1.165, 1.54) is 12.2 Å². The average Bonchev–Trinajstić information content (AvgIpc) is 2.86. The molecule has 1 aliphatic rings. The van der Waals surface area contributed by atoms with Crippen LogP contribution in [0.3, 0.4) is 0 Å². The van der Waals surface area contributed by atoms with E-state index in [1.54, 1.807) is 0 Å². The predicted octanol–water partition coefficient (Wildman–Crippen LogP) is 4.34. The Morgan fingerprint density at radius 1 is 1.30 bits per heavy atom. The standard InChI is InChI=1S/C19H36N2OS/c1-6-7-12-20-18(22)11-9-8-10-17-19(14(2)3)16(13-23-17)21-15(4)5/h14,16-17,19,21H,4,6-13H2,1-3,5H3,(H,20,22). The number of unbranched alkanes of at least 4 members (excludes halogenated alkanes) is 2. The van der Waals surface area contributed by atoms with Gasteiger partial charge in [0.15, 0.2) is 0 Å². The van der Waals surface area contributed by atoms with Crippen LogP contribution in [-0.2, 0) is 4.79 Å². The van der Waals surface area contributed by atoms with Crippen molar-refractivity contribution in [3.63, 3.8) is 0 Å². The van der Waals surface area contributed by atoms with Gasteiger partial charge in [0.05, 0.1) is 0 Å². The highest BCUT2D eigenvalue weighted by atomic mass is 32.2. The van der Waals surface area contributed by atoms with E-state index in [0.717, 1.165) is 43.2 Å². The van der Waals surface area contributed by atoms with Crippen molar-refractivity contribution < 1.29 is 4.79 Å². The second-order valence-electron chi connectivity index (χ2n) is 7.17. The lowest BCUT2D eigenvalue weighted by Crippen LogP contribution is -2.38. The summed E-state index contributed by atoms with van der Waals surface area (Å²) in [6.45, 7) is 13.7. The molecule has 1 amide bonds. The molecule has 0 aromatic carbocycles. The molecule has 2 N–H and O–H groups in total. The summed E-state index contributed by atoms with van der Waals surface area (Å²) in [6, 6.07) is 0.555. The maximum Gasteiger partial charge on any atom is 0.219 e. The number of carbonyl (C=O) groups is 1. The van der Waals surface area contributed by atoms with Crippen molar-refractivity contribution in [2.75, 3.05) is 12.3 Å². The number of hydrogen-bond donors (Lipinski definition) is 2. The van der Waals surface area contributed by atoms with Crippen molar-refractivity contribution in [3.8, 4) is 0 Å².